The first-order valence-electron chi connectivity index (χ1n) is 8.94. The second kappa shape index (κ2) is 8.62. The maximum atomic E-state index is 12.3. The van der Waals surface area contributed by atoms with Gasteiger partial charge >= 0.3 is 0 Å². The molecule has 0 spiro atoms. The Bertz CT molecular complexity index is 682. The van der Waals surface area contributed by atoms with E-state index in [4.69, 9.17) is 0 Å². The molecule has 132 valence electrons. The fraction of sp³-hybridized carbons (Fsp3) is 0.400. The molecule has 0 atom stereocenters. The van der Waals surface area contributed by atoms with Gasteiger partial charge in [-0.3, -0.25) is 9.78 Å². The summed E-state index contributed by atoms with van der Waals surface area (Å²) in [7, 11) is 0. The number of nitrogens with zero attached hydrogens (tertiary/aromatic N) is 2. The average Bonchev–Trinajstić information content (AvgIpc) is 2.64. The first-order valence-corrected chi connectivity index (χ1v) is 8.94. The van der Waals surface area contributed by atoms with Gasteiger partial charge in [-0.1, -0.05) is 18.2 Å². The number of piperidine rings is 1. The van der Waals surface area contributed by atoms with Crippen molar-refractivity contribution in [1.29, 1.82) is 0 Å². The number of pyridine rings is 1. The standard InChI is InChI=1S/C20H25N3O2/c24-17-11-14-23(15-12-17)19-9-2-1-8-18(19)22-20(25)10-5-7-16-6-3-4-13-21-16/h1-4,6,8-9,13,17,24H,5,7,10-12,14-15H2,(H,22,25). The molecule has 1 aromatic carbocycles. The number of aliphatic hydroxyl groups is 1. The number of benzene rings is 1. The summed E-state index contributed by atoms with van der Waals surface area (Å²) < 4.78 is 0. The largest absolute Gasteiger partial charge is 0.393 e. The molecule has 1 aromatic heterocycles. The van der Waals surface area contributed by atoms with Crippen LogP contribution in [0, 0.1) is 0 Å². The Morgan fingerprint density at radius 1 is 1.16 bits per heavy atom. The van der Waals surface area contributed by atoms with E-state index >= 15 is 0 Å². The molecule has 5 nitrogen and oxygen atoms in total. The summed E-state index contributed by atoms with van der Waals surface area (Å²) in [4.78, 5) is 18.8. The monoisotopic (exact) mass is 339 g/mol. The predicted octanol–water partition coefficient (Wildman–Crippen LogP) is 3.00. The summed E-state index contributed by atoms with van der Waals surface area (Å²) in [5.74, 6) is 0.0282. The van der Waals surface area contributed by atoms with Crippen LogP contribution >= 0.6 is 0 Å². The molecular weight excluding hydrogens is 314 g/mol. The average molecular weight is 339 g/mol. The van der Waals surface area contributed by atoms with Crippen LogP contribution in [0.15, 0.2) is 48.7 Å². The molecule has 3 rings (SSSR count). The van der Waals surface area contributed by atoms with Crippen molar-refractivity contribution < 1.29 is 9.90 Å². The number of hydrogen-bond acceptors (Lipinski definition) is 4. The fourth-order valence-electron chi connectivity index (χ4n) is 3.15. The number of amides is 1. The van der Waals surface area contributed by atoms with Crippen molar-refractivity contribution in [3.63, 3.8) is 0 Å². The van der Waals surface area contributed by atoms with Gasteiger partial charge in [-0.15, -0.1) is 0 Å². The molecule has 0 saturated carbocycles. The Morgan fingerprint density at radius 3 is 2.68 bits per heavy atom. The third-order valence-electron chi connectivity index (χ3n) is 4.55. The lowest BCUT2D eigenvalue weighted by Crippen LogP contribution is -2.36. The van der Waals surface area contributed by atoms with Gasteiger partial charge in [-0.2, -0.15) is 0 Å². The van der Waals surface area contributed by atoms with Crippen molar-refractivity contribution in [1.82, 2.24) is 4.98 Å². The van der Waals surface area contributed by atoms with Crippen molar-refractivity contribution in [3.05, 3.63) is 54.4 Å². The van der Waals surface area contributed by atoms with E-state index in [1.807, 2.05) is 42.5 Å². The molecule has 1 saturated heterocycles. The van der Waals surface area contributed by atoms with Crippen LogP contribution in [0.4, 0.5) is 11.4 Å². The number of aryl methyl sites for hydroxylation is 1. The zero-order chi connectivity index (χ0) is 17.5. The molecular formula is C20H25N3O2. The molecule has 1 amide bonds. The normalized spacial score (nSPS) is 15.2. The minimum absolute atomic E-state index is 0.0282. The molecule has 1 aliphatic heterocycles. The number of anilines is 2. The van der Waals surface area contributed by atoms with Crippen LogP contribution in [0.5, 0.6) is 0 Å². The van der Waals surface area contributed by atoms with Crippen LogP contribution in [0.1, 0.15) is 31.4 Å². The van der Waals surface area contributed by atoms with Gasteiger partial charge in [0.15, 0.2) is 0 Å². The summed E-state index contributed by atoms with van der Waals surface area (Å²) in [5.41, 5.74) is 2.90. The third kappa shape index (κ3) is 5.03. The van der Waals surface area contributed by atoms with Gasteiger partial charge in [0.2, 0.25) is 5.91 Å². The van der Waals surface area contributed by atoms with Gasteiger partial charge in [-0.05, 0) is 49.9 Å². The third-order valence-corrected chi connectivity index (χ3v) is 4.55. The van der Waals surface area contributed by atoms with Crippen LogP contribution in [0.2, 0.25) is 0 Å². The van der Waals surface area contributed by atoms with E-state index in [9.17, 15) is 9.90 Å². The first kappa shape index (κ1) is 17.4. The topological polar surface area (TPSA) is 65.5 Å². The Hall–Kier alpha value is -2.40. The van der Waals surface area contributed by atoms with Crippen LogP contribution in [0.3, 0.4) is 0 Å². The molecule has 1 aliphatic rings. The van der Waals surface area contributed by atoms with E-state index in [1.165, 1.54) is 0 Å². The summed E-state index contributed by atoms with van der Waals surface area (Å²) in [5, 5.41) is 12.7. The van der Waals surface area contributed by atoms with Gasteiger partial charge in [0.05, 0.1) is 17.5 Å². The molecule has 0 bridgehead atoms. The quantitative estimate of drug-likeness (QED) is 0.849. The number of aromatic nitrogens is 1. The molecule has 0 aliphatic carbocycles. The highest BCUT2D eigenvalue weighted by molar-refractivity contribution is 5.94. The highest BCUT2D eigenvalue weighted by Crippen LogP contribution is 2.28. The Kier molecular flexibility index (Phi) is 6.01. The number of hydrogen-bond donors (Lipinski definition) is 2. The van der Waals surface area contributed by atoms with Crippen molar-refractivity contribution >= 4 is 17.3 Å². The lowest BCUT2D eigenvalue weighted by molar-refractivity contribution is -0.116. The number of aliphatic hydroxyl groups excluding tert-OH is 1. The maximum Gasteiger partial charge on any atom is 0.224 e. The number of nitrogens with one attached hydrogen (secondary N) is 1. The minimum Gasteiger partial charge on any atom is -0.393 e. The molecule has 2 heterocycles. The van der Waals surface area contributed by atoms with E-state index in [0.717, 1.165) is 55.8 Å². The smallest absolute Gasteiger partial charge is 0.224 e. The lowest BCUT2D eigenvalue weighted by Gasteiger charge is -2.32. The molecule has 0 radical (unpaired) electrons. The van der Waals surface area contributed by atoms with Crippen LogP contribution in [-0.4, -0.2) is 35.2 Å². The molecule has 2 aromatic rings. The van der Waals surface area contributed by atoms with E-state index < -0.39 is 0 Å². The van der Waals surface area contributed by atoms with Crippen molar-refractivity contribution in [3.8, 4) is 0 Å². The Morgan fingerprint density at radius 2 is 1.92 bits per heavy atom. The molecule has 1 fully saturated rings. The van der Waals surface area contributed by atoms with Crippen molar-refractivity contribution in [2.45, 2.75) is 38.2 Å². The fourth-order valence-corrected chi connectivity index (χ4v) is 3.15. The van der Waals surface area contributed by atoms with Gasteiger partial charge < -0.3 is 15.3 Å². The summed E-state index contributed by atoms with van der Waals surface area (Å²) in [6.07, 6.45) is 5.18. The van der Waals surface area contributed by atoms with Gasteiger partial charge in [0.25, 0.3) is 0 Å². The zero-order valence-corrected chi connectivity index (χ0v) is 14.4. The molecule has 25 heavy (non-hydrogen) atoms. The Balaban J connectivity index is 1.54. The highest BCUT2D eigenvalue weighted by atomic mass is 16.3. The number of para-hydroxylation sites is 2. The van der Waals surface area contributed by atoms with Gasteiger partial charge in [0, 0.05) is 31.4 Å². The van der Waals surface area contributed by atoms with E-state index in [-0.39, 0.29) is 12.0 Å². The molecule has 0 unspecified atom stereocenters. The second-order valence-electron chi connectivity index (χ2n) is 6.46. The van der Waals surface area contributed by atoms with Crippen LogP contribution < -0.4 is 10.2 Å². The minimum atomic E-state index is -0.204. The van der Waals surface area contributed by atoms with E-state index in [0.29, 0.717) is 6.42 Å². The van der Waals surface area contributed by atoms with E-state index in [2.05, 4.69) is 15.2 Å². The summed E-state index contributed by atoms with van der Waals surface area (Å²) in [6, 6.07) is 13.7. The SMILES string of the molecule is O=C(CCCc1ccccn1)Nc1ccccc1N1CCC(O)CC1. The van der Waals surface area contributed by atoms with Gasteiger partial charge in [0.1, 0.15) is 0 Å². The summed E-state index contributed by atoms with van der Waals surface area (Å²) in [6.45, 7) is 1.63. The van der Waals surface area contributed by atoms with Crippen molar-refractivity contribution in [2.75, 3.05) is 23.3 Å². The summed E-state index contributed by atoms with van der Waals surface area (Å²) >= 11 is 0. The number of rotatable bonds is 6. The number of carbonyl (C=O) groups is 1. The first-order chi connectivity index (χ1) is 12.2. The van der Waals surface area contributed by atoms with Gasteiger partial charge in [-0.25, -0.2) is 0 Å². The van der Waals surface area contributed by atoms with Crippen LogP contribution in [-0.2, 0) is 11.2 Å². The van der Waals surface area contributed by atoms with E-state index in [1.54, 1.807) is 6.20 Å². The predicted molar refractivity (Wildman–Crippen MR) is 99.7 cm³/mol. The maximum absolute atomic E-state index is 12.3. The molecule has 5 heteroatoms. The van der Waals surface area contributed by atoms with Crippen LogP contribution in [0.25, 0.3) is 0 Å². The van der Waals surface area contributed by atoms with Crippen molar-refractivity contribution in [2.24, 2.45) is 0 Å². The lowest BCUT2D eigenvalue weighted by atomic mass is 10.1. The molecule has 2 N–H and O–H groups in total. The zero-order valence-electron chi connectivity index (χ0n) is 14.4. The second-order valence-corrected chi connectivity index (χ2v) is 6.46. The Labute approximate surface area is 148 Å². The highest BCUT2D eigenvalue weighted by Gasteiger charge is 2.19. The number of carbonyl (C=O) groups excluding carboxylic acids is 1.